The molecular formula is C66H126O6. The lowest BCUT2D eigenvalue weighted by Gasteiger charge is -2.18. The Morgan fingerprint density at radius 3 is 0.694 bits per heavy atom. The average Bonchev–Trinajstić information content (AvgIpc) is 3.38. The fourth-order valence-corrected chi connectivity index (χ4v) is 10.1. The van der Waals surface area contributed by atoms with Crippen LogP contribution >= 0.6 is 0 Å². The number of allylic oxidation sites excluding steroid dienone is 2. The number of carbonyl (C=O) groups excluding carboxylic acids is 3. The van der Waals surface area contributed by atoms with Crippen molar-refractivity contribution in [3.05, 3.63) is 12.2 Å². The Labute approximate surface area is 450 Å². The standard InChI is InChI=1S/C66H126O6/c1-4-7-10-13-16-19-22-25-28-30-32-33-34-35-37-38-41-44-47-50-53-56-59-65(68)71-62-63(61-70-64(67)58-55-52-49-46-43-40-27-24-21-18-15-12-9-6-3)72-66(69)60-57-54-51-48-45-42-39-36-31-29-26-23-20-17-14-11-8-5-2/h29,31,63H,4-28,30,32-62H2,1-3H3/b31-29-. The number of hydrogen-bond acceptors (Lipinski definition) is 6. The van der Waals surface area contributed by atoms with Gasteiger partial charge in [-0.15, -0.1) is 0 Å². The smallest absolute Gasteiger partial charge is 0.306 e. The van der Waals surface area contributed by atoms with E-state index in [0.29, 0.717) is 19.3 Å². The molecule has 426 valence electrons. The van der Waals surface area contributed by atoms with Gasteiger partial charge in [0, 0.05) is 19.3 Å². The number of unbranched alkanes of at least 4 members (excludes halogenated alkanes) is 48. The van der Waals surface area contributed by atoms with Gasteiger partial charge in [-0.1, -0.05) is 322 Å². The fourth-order valence-electron chi connectivity index (χ4n) is 10.1. The topological polar surface area (TPSA) is 78.9 Å². The summed E-state index contributed by atoms with van der Waals surface area (Å²) < 4.78 is 17.0. The molecule has 0 spiro atoms. The molecule has 1 unspecified atom stereocenters. The number of ether oxygens (including phenoxy) is 3. The van der Waals surface area contributed by atoms with Crippen LogP contribution in [0.4, 0.5) is 0 Å². The lowest BCUT2D eigenvalue weighted by atomic mass is 10.0. The molecule has 0 aliphatic heterocycles. The first-order valence-corrected chi connectivity index (χ1v) is 32.7. The van der Waals surface area contributed by atoms with Crippen LogP contribution in [0.15, 0.2) is 12.2 Å². The lowest BCUT2D eigenvalue weighted by Crippen LogP contribution is -2.30. The van der Waals surface area contributed by atoms with E-state index in [2.05, 4.69) is 32.9 Å². The molecule has 72 heavy (non-hydrogen) atoms. The molecule has 0 aromatic carbocycles. The number of carbonyl (C=O) groups is 3. The fraction of sp³-hybridized carbons (Fsp3) is 0.924. The van der Waals surface area contributed by atoms with Gasteiger partial charge in [0.05, 0.1) is 0 Å². The van der Waals surface area contributed by atoms with Crippen molar-refractivity contribution >= 4 is 17.9 Å². The molecule has 0 saturated heterocycles. The van der Waals surface area contributed by atoms with E-state index in [1.807, 2.05) is 0 Å². The Bertz CT molecular complexity index is 1120. The van der Waals surface area contributed by atoms with Crippen molar-refractivity contribution < 1.29 is 28.6 Å². The molecule has 0 radical (unpaired) electrons. The van der Waals surface area contributed by atoms with Crippen molar-refractivity contribution in [2.24, 2.45) is 0 Å². The molecule has 0 amide bonds. The van der Waals surface area contributed by atoms with Crippen LogP contribution in [0, 0.1) is 0 Å². The maximum absolute atomic E-state index is 12.9. The minimum absolute atomic E-state index is 0.0651. The molecule has 0 fully saturated rings. The summed E-state index contributed by atoms with van der Waals surface area (Å²) in [4.78, 5) is 38.3. The third-order valence-electron chi connectivity index (χ3n) is 15.0. The Morgan fingerprint density at radius 2 is 0.458 bits per heavy atom. The molecule has 0 bridgehead atoms. The highest BCUT2D eigenvalue weighted by molar-refractivity contribution is 5.71. The van der Waals surface area contributed by atoms with Gasteiger partial charge in [0.2, 0.25) is 0 Å². The maximum atomic E-state index is 12.9. The number of esters is 3. The van der Waals surface area contributed by atoms with Crippen LogP contribution in [-0.2, 0) is 28.6 Å². The predicted molar refractivity (Wildman–Crippen MR) is 312 cm³/mol. The van der Waals surface area contributed by atoms with E-state index in [9.17, 15) is 14.4 Å². The van der Waals surface area contributed by atoms with E-state index >= 15 is 0 Å². The van der Waals surface area contributed by atoms with Crippen molar-refractivity contribution in [2.75, 3.05) is 13.2 Å². The van der Waals surface area contributed by atoms with Crippen molar-refractivity contribution in [1.29, 1.82) is 0 Å². The summed E-state index contributed by atoms with van der Waals surface area (Å²) >= 11 is 0. The van der Waals surface area contributed by atoms with E-state index in [4.69, 9.17) is 14.2 Å². The summed E-state index contributed by atoms with van der Waals surface area (Å²) in [7, 11) is 0. The normalized spacial score (nSPS) is 12.0. The molecule has 0 aromatic rings. The second kappa shape index (κ2) is 61.7. The third-order valence-corrected chi connectivity index (χ3v) is 15.0. The molecule has 0 heterocycles. The zero-order valence-electron chi connectivity index (χ0n) is 49.0. The monoisotopic (exact) mass is 1010 g/mol. The lowest BCUT2D eigenvalue weighted by molar-refractivity contribution is -0.167. The van der Waals surface area contributed by atoms with Gasteiger partial charge >= 0.3 is 17.9 Å². The van der Waals surface area contributed by atoms with Crippen LogP contribution in [0.2, 0.25) is 0 Å². The molecule has 0 N–H and O–H groups in total. The van der Waals surface area contributed by atoms with Crippen molar-refractivity contribution in [2.45, 2.75) is 380 Å². The molecule has 0 aromatic heterocycles. The zero-order valence-corrected chi connectivity index (χ0v) is 49.0. The van der Waals surface area contributed by atoms with Gasteiger partial charge in [-0.3, -0.25) is 14.4 Å². The Hall–Kier alpha value is -1.85. The van der Waals surface area contributed by atoms with Crippen molar-refractivity contribution in [1.82, 2.24) is 0 Å². The van der Waals surface area contributed by atoms with Gasteiger partial charge in [-0.25, -0.2) is 0 Å². The van der Waals surface area contributed by atoms with Crippen LogP contribution in [0.1, 0.15) is 374 Å². The Kier molecular flexibility index (Phi) is 60.1. The van der Waals surface area contributed by atoms with Gasteiger partial charge in [0.25, 0.3) is 0 Å². The Morgan fingerprint density at radius 1 is 0.264 bits per heavy atom. The van der Waals surface area contributed by atoms with Crippen LogP contribution in [0.3, 0.4) is 0 Å². The summed E-state index contributed by atoms with van der Waals surface area (Å²) in [5.41, 5.74) is 0. The maximum Gasteiger partial charge on any atom is 0.306 e. The van der Waals surface area contributed by atoms with Crippen LogP contribution in [0.25, 0.3) is 0 Å². The molecule has 0 aliphatic rings. The molecule has 0 rings (SSSR count). The number of hydrogen-bond donors (Lipinski definition) is 0. The van der Waals surface area contributed by atoms with Gasteiger partial charge in [-0.2, -0.15) is 0 Å². The molecule has 6 nitrogen and oxygen atoms in total. The minimum Gasteiger partial charge on any atom is -0.462 e. The quantitative estimate of drug-likeness (QED) is 0.0261. The predicted octanol–water partition coefficient (Wildman–Crippen LogP) is 22.1. The van der Waals surface area contributed by atoms with Crippen LogP contribution in [0.5, 0.6) is 0 Å². The van der Waals surface area contributed by atoms with E-state index in [1.165, 1.54) is 276 Å². The second-order valence-corrected chi connectivity index (χ2v) is 22.4. The highest BCUT2D eigenvalue weighted by Gasteiger charge is 2.19. The minimum atomic E-state index is -0.768. The second-order valence-electron chi connectivity index (χ2n) is 22.4. The van der Waals surface area contributed by atoms with Crippen molar-refractivity contribution in [3.8, 4) is 0 Å². The molecule has 6 heteroatoms. The van der Waals surface area contributed by atoms with E-state index < -0.39 is 6.10 Å². The number of rotatable bonds is 61. The molecule has 0 aliphatic carbocycles. The Balaban J connectivity index is 4.26. The largest absolute Gasteiger partial charge is 0.462 e. The first kappa shape index (κ1) is 70.1. The van der Waals surface area contributed by atoms with Gasteiger partial charge in [0.15, 0.2) is 6.10 Å². The van der Waals surface area contributed by atoms with Crippen LogP contribution < -0.4 is 0 Å². The summed E-state index contributed by atoms with van der Waals surface area (Å²) in [6, 6.07) is 0. The van der Waals surface area contributed by atoms with E-state index in [-0.39, 0.29) is 31.1 Å². The zero-order chi connectivity index (χ0) is 52.2. The summed E-state index contributed by atoms with van der Waals surface area (Å²) in [6.07, 6.45) is 72.2. The van der Waals surface area contributed by atoms with Gasteiger partial charge in [0.1, 0.15) is 13.2 Å². The first-order valence-electron chi connectivity index (χ1n) is 32.7. The molecule has 0 saturated carbocycles. The SMILES string of the molecule is CCCCCCCCC/C=C\CCCCCCCCCC(=O)OC(COC(=O)CCCCCCCCCCCCCCCC)COC(=O)CCCCCCCCCCCCCCCCCCCCCCCC. The van der Waals surface area contributed by atoms with Crippen LogP contribution in [-0.4, -0.2) is 37.2 Å². The summed E-state index contributed by atoms with van der Waals surface area (Å²) in [5, 5.41) is 0. The molecule has 1 atom stereocenters. The van der Waals surface area contributed by atoms with Crippen molar-refractivity contribution in [3.63, 3.8) is 0 Å². The highest BCUT2D eigenvalue weighted by Crippen LogP contribution is 2.18. The van der Waals surface area contributed by atoms with Gasteiger partial charge in [-0.05, 0) is 44.9 Å². The molecular weight excluding hydrogens is 889 g/mol. The summed E-state index contributed by atoms with van der Waals surface area (Å²) in [6.45, 7) is 6.71. The summed E-state index contributed by atoms with van der Waals surface area (Å²) in [5.74, 6) is -0.838. The highest BCUT2D eigenvalue weighted by atomic mass is 16.6. The third kappa shape index (κ3) is 59.0. The van der Waals surface area contributed by atoms with Gasteiger partial charge < -0.3 is 14.2 Å². The first-order chi connectivity index (χ1) is 35.5. The van der Waals surface area contributed by atoms with E-state index in [0.717, 1.165) is 57.8 Å². The van der Waals surface area contributed by atoms with E-state index in [1.54, 1.807) is 0 Å². The average molecular weight is 1020 g/mol.